The number of carbonyl (C=O) groups excluding carboxylic acids is 2. The van der Waals surface area contributed by atoms with E-state index in [9.17, 15) is 29.2 Å². The Morgan fingerprint density at radius 3 is 2.44 bits per heavy atom. The Kier molecular flexibility index (Phi) is 5.81. The molecule has 0 saturated carbocycles. The van der Waals surface area contributed by atoms with Crippen LogP contribution in [0.3, 0.4) is 0 Å². The zero-order chi connectivity index (χ0) is 25.6. The molecule has 1 N–H and O–H groups in total. The summed E-state index contributed by atoms with van der Waals surface area (Å²) in [5, 5.41) is 22.5. The largest absolute Gasteiger partial charge is 0.507 e. The third-order valence-electron chi connectivity index (χ3n) is 6.04. The second kappa shape index (κ2) is 8.97. The van der Waals surface area contributed by atoms with Gasteiger partial charge in [0.1, 0.15) is 11.6 Å². The molecule has 4 aromatic rings. The molecular formula is C26H18FN3O5S. The number of aryl methyl sites for hydroxylation is 1. The molecular weight excluding hydrogens is 485 g/mol. The highest BCUT2D eigenvalue weighted by Gasteiger charge is 2.48. The summed E-state index contributed by atoms with van der Waals surface area (Å²) in [5.74, 6) is -2.83. The highest BCUT2D eigenvalue weighted by molar-refractivity contribution is 7.22. The summed E-state index contributed by atoms with van der Waals surface area (Å²) in [6.07, 6.45) is 0.814. The Balaban J connectivity index is 1.71. The molecule has 1 amide bonds. The van der Waals surface area contributed by atoms with E-state index in [1.54, 1.807) is 0 Å². The molecule has 8 nitrogen and oxygen atoms in total. The van der Waals surface area contributed by atoms with Gasteiger partial charge in [0, 0.05) is 17.7 Å². The van der Waals surface area contributed by atoms with Crippen molar-refractivity contribution in [1.82, 2.24) is 4.98 Å². The van der Waals surface area contributed by atoms with Crippen LogP contribution in [0.4, 0.5) is 15.2 Å². The molecule has 180 valence electrons. The number of nitrogens with zero attached hydrogens (tertiary/aromatic N) is 3. The Morgan fingerprint density at radius 2 is 1.81 bits per heavy atom. The van der Waals surface area contributed by atoms with E-state index in [2.05, 4.69) is 4.98 Å². The molecule has 0 spiro atoms. The number of aliphatic hydroxyl groups excluding tert-OH is 1. The Hall–Kier alpha value is -4.44. The predicted molar refractivity (Wildman–Crippen MR) is 133 cm³/mol. The van der Waals surface area contributed by atoms with Crippen LogP contribution in [0.2, 0.25) is 0 Å². The Morgan fingerprint density at radius 1 is 1.11 bits per heavy atom. The molecule has 0 unspecified atom stereocenters. The summed E-state index contributed by atoms with van der Waals surface area (Å²) in [4.78, 5) is 42.9. The second-order valence-corrected chi connectivity index (χ2v) is 9.19. The number of fused-ring (bicyclic) bond motifs is 1. The lowest BCUT2D eigenvalue weighted by Gasteiger charge is -2.22. The van der Waals surface area contributed by atoms with Gasteiger partial charge < -0.3 is 5.11 Å². The second-order valence-electron chi connectivity index (χ2n) is 8.18. The van der Waals surface area contributed by atoms with Crippen LogP contribution in [0.5, 0.6) is 0 Å². The standard InChI is InChI=1S/C26H18FN3O5S/c1-2-14-3-12-19-20(13-14)36-26(28-19)29-22(15-6-10-18(11-7-15)30(34)35)21(24(32)25(29)33)23(31)16-4-8-17(27)9-5-16/h3-13,22,31H,2H2,1H3/b23-21+/t22-/m1/s1. The van der Waals surface area contributed by atoms with Crippen LogP contribution in [0.1, 0.15) is 29.7 Å². The average Bonchev–Trinajstić information content (AvgIpc) is 3.41. The maximum atomic E-state index is 13.5. The van der Waals surface area contributed by atoms with Crippen molar-refractivity contribution >= 4 is 49.8 Å². The maximum absolute atomic E-state index is 13.5. The lowest BCUT2D eigenvalue weighted by atomic mass is 9.95. The smallest absolute Gasteiger partial charge is 0.301 e. The molecule has 5 rings (SSSR count). The molecule has 0 bridgehead atoms. The number of carbonyl (C=O) groups is 2. The summed E-state index contributed by atoms with van der Waals surface area (Å²) in [6, 6.07) is 14.9. The van der Waals surface area contributed by atoms with Crippen molar-refractivity contribution in [1.29, 1.82) is 0 Å². The van der Waals surface area contributed by atoms with Gasteiger partial charge >= 0.3 is 5.91 Å². The number of anilines is 1. The van der Waals surface area contributed by atoms with Crippen molar-refractivity contribution in [3.8, 4) is 0 Å². The van der Waals surface area contributed by atoms with Crippen LogP contribution in [-0.2, 0) is 16.0 Å². The van der Waals surface area contributed by atoms with Crippen LogP contribution in [0, 0.1) is 15.9 Å². The van der Waals surface area contributed by atoms with E-state index in [4.69, 9.17) is 0 Å². The molecule has 1 aliphatic rings. The first-order valence-corrected chi connectivity index (χ1v) is 11.8. The van der Waals surface area contributed by atoms with E-state index in [1.807, 2.05) is 25.1 Å². The third kappa shape index (κ3) is 3.91. The highest BCUT2D eigenvalue weighted by atomic mass is 32.1. The molecule has 1 saturated heterocycles. The molecule has 1 fully saturated rings. The van der Waals surface area contributed by atoms with E-state index in [-0.39, 0.29) is 22.0 Å². The van der Waals surface area contributed by atoms with Crippen molar-refractivity contribution in [2.45, 2.75) is 19.4 Å². The maximum Gasteiger partial charge on any atom is 0.301 e. The SMILES string of the molecule is CCc1ccc2nc(N3C(=O)C(=O)/C(=C(/O)c4ccc(F)cc4)[C@H]3c3ccc([N+](=O)[O-])cc3)sc2c1. The minimum absolute atomic E-state index is 0.151. The van der Waals surface area contributed by atoms with Gasteiger partial charge in [-0.25, -0.2) is 9.37 Å². The number of benzene rings is 3. The molecule has 36 heavy (non-hydrogen) atoms. The number of hydrogen-bond acceptors (Lipinski definition) is 7. The molecule has 0 aliphatic carbocycles. The van der Waals surface area contributed by atoms with Crippen molar-refractivity contribution in [2.75, 3.05) is 4.90 Å². The van der Waals surface area contributed by atoms with Crippen molar-refractivity contribution < 1.29 is 24.0 Å². The van der Waals surface area contributed by atoms with E-state index in [1.165, 1.54) is 52.6 Å². The molecule has 10 heteroatoms. The number of non-ortho nitro benzene ring substituents is 1. The van der Waals surface area contributed by atoms with Crippen molar-refractivity contribution in [3.05, 3.63) is 105 Å². The topological polar surface area (TPSA) is 114 Å². The van der Waals surface area contributed by atoms with Crippen LogP contribution < -0.4 is 4.90 Å². The van der Waals surface area contributed by atoms with Crippen LogP contribution in [-0.4, -0.2) is 26.7 Å². The lowest BCUT2D eigenvalue weighted by Crippen LogP contribution is -2.29. The van der Waals surface area contributed by atoms with Crippen molar-refractivity contribution in [2.24, 2.45) is 0 Å². The number of aromatic nitrogens is 1. The molecule has 1 aromatic heterocycles. The zero-order valence-electron chi connectivity index (χ0n) is 18.8. The molecule has 1 aliphatic heterocycles. The predicted octanol–water partition coefficient (Wildman–Crippen LogP) is 5.53. The summed E-state index contributed by atoms with van der Waals surface area (Å²) in [6.45, 7) is 2.02. The van der Waals surface area contributed by atoms with Gasteiger partial charge in [-0.15, -0.1) is 0 Å². The third-order valence-corrected chi connectivity index (χ3v) is 7.06. The normalized spacial score (nSPS) is 17.2. The fourth-order valence-corrected chi connectivity index (χ4v) is 5.22. The summed E-state index contributed by atoms with van der Waals surface area (Å²) in [5.41, 5.74) is 1.88. The average molecular weight is 504 g/mol. The van der Waals surface area contributed by atoms with Gasteiger partial charge in [0.2, 0.25) is 0 Å². The van der Waals surface area contributed by atoms with E-state index < -0.39 is 34.2 Å². The van der Waals surface area contributed by atoms with Gasteiger partial charge in [0.15, 0.2) is 5.13 Å². The van der Waals surface area contributed by atoms with E-state index in [0.29, 0.717) is 11.1 Å². The van der Waals surface area contributed by atoms with Crippen LogP contribution in [0.15, 0.2) is 72.3 Å². The van der Waals surface area contributed by atoms with Crippen LogP contribution >= 0.6 is 11.3 Å². The Labute approximate surface area is 208 Å². The van der Waals surface area contributed by atoms with Gasteiger partial charge in [-0.05, 0) is 66.1 Å². The monoisotopic (exact) mass is 503 g/mol. The minimum Gasteiger partial charge on any atom is -0.507 e. The number of nitro benzene ring substituents is 1. The van der Waals surface area contributed by atoms with Gasteiger partial charge in [-0.2, -0.15) is 0 Å². The van der Waals surface area contributed by atoms with E-state index in [0.717, 1.165) is 28.8 Å². The highest BCUT2D eigenvalue weighted by Crippen LogP contribution is 2.44. The number of halogens is 1. The number of aliphatic hydroxyl groups is 1. The lowest BCUT2D eigenvalue weighted by molar-refractivity contribution is -0.384. The number of amides is 1. The molecule has 2 heterocycles. The molecule has 1 atom stereocenters. The fourth-order valence-electron chi connectivity index (χ4n) is 4.17. The molecule has 3 aromatic carbocycles. The number of ketones is 1. The van der Waals surface area contributed by atoms with Gasteiger partial charge in [-0.1, -0.05) is 24.3 Å². The number of hydrogen-bond donors (Lipinski definition) is 1. The minimum atomic E-state index is -1.10. The summed E-state index contributed by atoms with van der Waals surface area (Å²) >= 11 is 1.23. The summed E-state index contributed by atoms with van der Waals surface area (Å²) < 4.78 is 14.3. The number of Topliss-reactive ketones (excluding diaryl/α,β-unsaturated/α-hetero) is 1. The van der Waals surface area contributed by atoms with Gasteiger partial charge in [0.25, 0.3) is 11.5 Å². The number of nitro groups is 1. The number of thiazole rings is 1. The summed E-state index contributed by atoms with van der Waals surface area (Å²) in [7, 11) is 0. The first-order valence-electron chi connectivity index (χ1n) is 11.0. The van der Waals surface area contributed by atoms with E-state index >= 15 is 0 Å². The van der Waals surface area contributed by atoms with Crippen LogP contribution in [0.25, 0.3) is 16.0 Å². The number of rotatable bonds is 5. The zero-order valence-corrected chi connectivity index (χ0v) is 19.7. The molecule has 0 radical (unpaired) electrons. The first kappa shape index (κ1) is 23.3. The fraction of sp³-hybridized carbons (Fsp3) is 0.115. The van der Waals surface area contributed by atoms with Gasteiger partial charge in [0.05, 0.1) is 26.8 Å². The Bertz CT molecular complexity index is 1560. The first-order chi connectivity index (χ1) is 17.3. The van der Waals surface area contributed by atoms with Gasteiger partial charge in [-0.3, -0.25) is 24.6 Å². The quantitative estimate of drug-likeness (QED) is 0.126. The van der Waals surface area contributed by atoms with Crippen molar-refractivity contribution in [3.63, 3.8) is 0 Å².